The van der Waals surface area contributed by atoms with Gasteiger partial charge in [-0.3, -0.25) is 0 Å². The summed E-state index contributed by atoms with van der Waals surface area (Å²) in [5.41, 5.74) is -0.416. The molecule has 1 fully saturated rings. The lowest BCUT2D eigenvalue weighted by molar-refractivity contribution is 0.0110. The van der Waals surface area contributed by atoms with Gasteiger partial charge in [-0.25, -0.2) is 4.79 Å². The van der Waals surface area contributed by atoms with Crippen LogP contribution >= 0.6 is 0 Å². The number of likely N-dealkylation sites (tertiary alicyclic amines) is 1. The lowest BCUT2D eigenvalue weighted by Gasteiger charge is -2.35. The topological polar surface area (TPSA) is 41.6 Å². The van der Waals surface area contributed by atoms with E-state index in [0.29, 0.717) is 12.0 Å². The van der Waals surface area contributed by atoms with Crippen molar-refractivity contribution in [2.24, 2.45) is 5.92 Å². The van der Waals surface area contributed by atoms with Crippen LogP contribution in [0.25, 0.3) is 0 Å². The molecule has 2 atom stereocenters. The lowest BCUT2D eigenvalue weighted by atomic mass is 9.96. The SMILES string of the molecule is CNCC(C)C1CCCCCN1C(=O)OC(C)(C)C. The number of hydrogen-bond donors (Lipinski definition) is 1. The fourth-order valence-corrected chi connectivity index (χ4v) is 2.73. The average Bonchev–Trinajstić information content (AvgIpc) is 2.52. The van der Waals surface area contributed by atoms with Crippen molar-refractivity contribution in [3.05, 3.63) is 0 Å². The summed E-state index contributed by atoms with van der Waals surface area (Å²) in [6.45, 7) is 9.75. The van der Waals surface area contributed by atoms with Gasteiger partial charge in [0.2, 0.25) is 0 Å². The summed E-state index contributed by atoms with van der Waals surface area (Å²) < 4.78 is 5.56. The highest BCUT2D eigenvalue weighted by molar-refractivity contribution is 5.68. The summed E-state index contributed by atoms with van der Waals surface area (Å²) in [6.07, 6.45) is 4.44. The monoisotopic (exact) mass is 270 g/mol. The van der Waals surface area contributed by atoms with E-state index >= 15 is 0 Å². The van der Waals surface area contributed by atoms with Gasteiger partial charge in [0.05, 0.1) is 0 Å². The summed E-state index contributed by atoms with van der Waals surface area (Å²) in [6, 6.07) is 0.296. The third kappa shape index (κ3) is 5.39. The predicted molar refractivity (Wildman–Crippen MR) is 78.3 cm³/mol. The van der Waals surface area contributed by atoms with Crippen LogP contribution in [0, 0.1) is 5.92 Å². The van der Waals surface area contributed by atoms with Gasteiger partial charge >= 0.3 is 6.09 Å². The molecule has 1 saturated heterocycles. The van der Waals surface area contributed by atoms with Crippen LogP contribution in [-0.2, 0) is 4.74 Å². The van der Waals surface area contributed by atoms with Gasteiger partial charge in [-0.05, 0) is 53.1 Å². The van der Waals surface area contributed by atoms with E-state index in [0.717, 1.165) is 25.9 Å². The van der Waals surface area contributed by atoms with Crippen LogP contribution in [0.4, 0.5) is 4.79 Å². The molecule has 0 radical (unpaired) electrons. The summed E-state index contributed by atoms with van der Waals surface area (Å²) in [5.74, 6) is 0.454. The first-order chi connectivity index (χ1) is 8.85. The van der Waals surface area contributed by atoms with Crippen molar-refractivity contribution in [3.63, 3.8) is 0 Å². The number of nitrogens with one attached hydrogen (secondary N) is 1. The van der Waals surface area contributed by atoms with E-state index in [4.69, 9.17) is 4.74 Å². The number of hydrogen-bond acceptors (Lipinski definition) is 3. The Morgan fingerprint density at radius 3 is 2.63 bits per heavy atom. The van der Waals surface area contributed by atoms with Crippen molar-refractivity contribution in [1.82, 2.24) is 10.2 Å². The van der Waals surface area contributed by atoms with E-state index < -0.39 is 5.60 Å². The Bertz CT molecular complexity index is 286. The van der Waals surface area contributed by atoms with Crippen LogP contribution in [0.15, 0.2) is 0 Å². The maximum Gasteiger partial charge on any atom is 0.410 e. The van der Waals surface area contributed by atoms with Crippen molar-refractivity contribution in [2.45, 2.75) is 65.0 Å². The Kier molecular flexibility index (Phi) is 6.11. The van der Waals surface area contributed by atoms with Gasteiger partial charge in [-0.2, -0.15) is 0 Å². The Hall–Kier alpha value is -0.770. The van der Waals surface area contributed by atoms with Crippen LogP contribution in [0.3, 0.4) is 0 Å². The third-order valence-electron chi connectivity index (χ3n) is 3.61. The molecule has 0 spiro atoms. The molecule has 1 heterocycles. The molecule has 112 valence electrons. The highest BCUT2D eigenvalue weighted by atomic mass is 16.6. The Morgan fingerprint density at radius 1 is 1.37 bits per heavy atom. The van der Waals surface area contributed by atoms with Gasteiger partial charge in [0.25, 0.3) is 0 Å². The van der Waals surface area contributed by atoms with Crippen LogP contribution in [0.1, 0.15) is 53.4 Å². The maximum absolute atomic E-state index is 12.4. The zero-order valence-electron chi connectivity index (χ0n) is 13.2. The first-order valence-electron chi connectivity index (χ1n) is 7.49. The molecule has 0 saturated carbocycles. The third-order valence-corrected chi connectivity index (χ3v) is 3.61. The smallest absolute Gasteiger partial charge is 0.410 e. The molecule has 0 aromatic heterocycles. The van der Waals surface area contributed by atoms with Crippen LogP contribution in [0.5, 0.6) is 0 Å². The Balaban J connectivity index is 2.75. The summed E-state index contributed by atoms with van der Waals surface area (Å²) in [7, 11) is 1.96. The fourth-order valence-electron chi connectivity index (χ4n) is 2.73. The Morgan fingerprint density at radius 2 is 2.05 bits per heavy atom. The lowest BCUT2D eigenvalue weighted by Crippen LogP contribution is -2.47. The molecule has 4 nitrogen and oxygen atoms in total. The molecular formula is C15H30N2O2. The van der Waals surface area contributed by atoms with E-state index in [1.165, 1.54) is 12.8 Å². The fraction of sp³-hybridized carbons (Fsp3) is 0.933. The molecular weight excluding hydrogens is 240 g/mol. The zero-order chi connectivity index (χ0) is 14.5. The minimum absolute atomic E-state index is 0.151. The van der Waals surface area contributed by atoms with Gasteiger partial charge in [0.1, 0.15) is 5.60 Å². The molecule has 0 aromatic rings. The van der Waals surface area contributed by atoms with Gasteiger partial charge in [-0.1, -0.05) is 19.8 Å². The number of amides is 1. The first kappa shape index (κ1) is 16.3. The molecule has 0 aliphatic carbocycles. The number of ether oxygens (including phenoxy) is 1. The average molecular weight is 270 g/mol. The summed E-state index contributed by atoms with van der Waals surface area (Å²) in [5, 5.41) is 3.21. The van der Waals surface area contributed by atoms with Crippen molar-refractivity contribution in [2.75, 3.05) is 20.1 Å². The second-order valence-corrected chi connectivity index (χ2v) is 6.63. The minimum atomic E-state index is -0.416. The molecule has 19 heavy (non-hydrogen) atoms. The molecule has 1 aliphatic heterocycles. The molecule has 1 rings (SSSR count). The highest BCUT2D eigenvalue weighted by Gasteiger charge is 2.32. The number of carbonyl (C=O) groups is 1. The van der Waals surface area contributed by atoms with E-state index in [9.17, 15) is 4.79 Å². The largest absolute Gasteiger partial charge is 0.444 e. The standard InChI is InChI=1S/C15H30N2O2/c1-12(11-16-5)13-9-7-6-8-10-17(13)14(18)19-15(2,3)4/h12-13,16H,6-11H2,1-5H3. The quantitative estimate of drug-likeness (QED) is 0.857. The predicted octanol–water partition coefficient (Wildman–Crippen LogP) is 3.02. The van der Waals surface area contributed by atoms with E-state index in [1.807, 2.05) is 32.7 Å². The first-order valence-corrected chi connectivity index (χ1v) is 7.49. The maximum atomic E-state index is 12.4. The van der Waals surface area contributed by atoms with Crippen LogP contribution in [-0.4, -0.2) is 42.8 Å². The number of rotatable bonds is 3. The van der Waals surface area contributed by atoms with Crippen molar-refractivity contribution in [1.29, 1.82) is 0 Å². The molecule has 0 aromatic carbocycles. The molecule has 1 aliphatic rings. The van der Waals surface area contributed by atoms with Crippen molar-refractivity contribution in [3.8, 4) is 0 Å². The van der Waals surface area contributed by atoms with Gasteiger partial charge in [0, 0.05) is 12.6 Å². The zero-order valence-corrected chi connectivity index (χ0v) is 13.2. The van der Waals surface area contributed by atoms with Gasteiger partial charge in [-0.15, -0.1) is 0 Å². The summed E-state index contributed by atoms with van der Waals surface area (Å²) >= 11 is 0. The molecule has 4 heteroatoms. The van der Waals surface area contributed by atoms with Gasteiger partial charge in [0.15, 0.2) is 0 Å². The second kappa shape index (κ2) is 7.13. The van der Waals surface area contributed by atoms with Crippen LogP contribution < -0.4 is 5.32 Å². The van der Waals surface area contributed by atoms with E-state index in [1.54, 1.807) is 0 Å². The number of nitrogens with zero attached hydrogens (tertiary/aromatic N) is 1. The number of carbonyl (C=O) groups excluding carboxylic acids is 1. The van der Waals surface area contributed by atoms with E-state index in [-0.39, 0.29) is 6.09 Å². The van der Waals surface area contributed by atoms with Gasteiger partial charge < -0.3 is 15.0 Å². The van der Waals surface area contributed by atoms with E-state index in [2.05, 4.69) is 12.2 Å². The molecule has 2 unspecified atom stereocenters. The Labute approximate surface area is 117 Å². The molecule has 1 amide bonds. The molecule has 0 bridgehead atoms. The highest BCUT2D eigenvalue weighted by Crippen LogP contribution is 2.24. The summed E-state index contributed by atoms with van der Waals surface area (Å²) in [4.78, 5) is 14.3. The van der Waals surface area contributed by atoms with Crippen LogP contribution in [0.2, 0.25) is 0 Å². The second-order valence-electron chi connectivity index (χ2n) is 6.63. The molecule has 1 N–H and O–H groups in total. The van der Waals surface area contributed by atoms with Crippen molar-refractivity contribution < 1.29 is 9.53 Å². The van der Waals surface area contributed by atoms with Crippen molar-refractivity contribution >= 4 is 6.09 Å². The minimum Gasteiger partial charge on any atom is -0.444 e. The normalized spacial score (nSPS) is 22.8.